The Morgan fingerprint density at radius 3 is 2.37 bits per heavy atom. The van der Waals surface area contributed by atoms with Gasteiger partial charge >= 0.3 is 0 Å². The van der Waals surface area contributed by atoms with Crippen LogP contribution in [0.4, 0.5) is 5.69 Å². The molecule has 2 bridgehead atoms. The average Bonchev–Trinajstić information content (AvgIpc) is 3.52. The van der Waals surface area contributed by atoms with Crippen LogP contribution in [0.1, 0.15) is 53.9 Å². The quantitative estimate of drug-likeness (QED) is 0.326. The van der Waals surface area contributed by atoms with Crippen LogP contribution in [0, 0.1) is 23.7 Å². The smallest absolute Gasteiger partial charge is 0.253 e. The van der Waals surface area contributed by atoms with Crippen LogP contribution in [-0.2, 0) is 19.1 Å². The van der Waals surface area contributed by atoms with Gasteiger partial charge in [0.15, 0.2) is 0 Å². The van der Waals surface area contributed by atoms with Crippen molar-refractivity contribution in [1.82, 2.24) is 9.80 Å². The second kappa shape index (κ2) is 12.8. The third-order valence-electron chi connectivity index (χ3n) is 10.2. The minimum Gasteiger partial charge on any atom is -0.497 e. The highest BCUT2D eigenvalue weighted by Crippen LogP contribution is 2.66. The molecule has 9 heteroatoms. The largest absolute Gasteiger partial charge is 0.497 e. The van der Waals surface area contributed by atoms with Gasteiger partial charge in [-0.15, -0.1) is 13.2 Å². The summed E-state index contributed by atoms with van der Waals surface area (Å²) in [6, 6.07) is 5.52. The van der Waals surface area contributed by atoms with E-state index >= 15 is 0 Å². The summed E-state index contributed by atoms with van der Waals surface area (Å²) in [6.07, 6.45) is 5.26. The topological polar surface area (TPSA) is 99.6 Å². The number of rotatable bonds is 14. The van der Waals surface area contributed by atoms with Gasteiger partial charge < -0.3 is 29.3 Å². The second-order valence-corrected chi connectivity index (χ2v) is 12.6. The highest BCUT2D eigenvalue weighted by molar-refractivity contribution is 6.05. The van der Waals surface area contributed by atoms with Crippen molar-refractivity contribution in [1.29, 1.82) is 0 Å². The van der Waals surface area contributed by atoms with Crippen LogP contribution in [-0.4, -0.2) is 89.3 Å². The number of carbonyl (C=O) groups is 3. The van der Waals surface area contributed by atoms with E-state index in [1.807, 2.05) is 34.6 Å². The molecule has 1 aromatic rings. The first-order chi connectivity index (χ1) is 20.5. The Morgan fingerprint density at radius 2 is 1.84 bits per heavy atom. The summed E-state index contributed by atoms with van der Waals surface area (Å²) >= 11 is 0. The first kappa shape index (κ1) is 32.7. The van der Waals surface area contributed by atoms with Gasteiger partial charge in [-0.05, 0) is 55.9 Å². The molecule has 3 aliphatic heterocycles. The van der Waals surface area contributed by atoms with Crippen molar-refractivity contribution in [2.75, 3.05) is 38.3 Å². The number of aliphatic hydroxyl groups is 1. The number of ether oxygens (including phenoxy) is 2. The fourth-order valence-electron chi connectivity index (χ4n) is 7.78. The van der Waals surface area contributed by atoms with Crippen LogP contribution in [0.2, 0.25) is 0 Å². The number of anilines is 1. The van der Waals surface area contributed by atoms with Crippen molar-refractivity contribution < 1.29 is 29.0 Å². The molecule has 0 aliphatic carbocycles. The summed E-state index contributed by atoms with van der Waals surface area (Å²) in [5.41, 5.74) is -1.52. The van der Waals surface area contributed by atoms with Crippen molar-refractivity contribution >= 4 is 23.4 Å². The van der Waals surface area contributed by atoms with Crippen molar-refractivity contribution in [3.8, 4) is 5.75 Å². The summed E-state index contributed by atoms with van der Waals surface area (Å²) < 4.78 is 12.3. The molecule has 3 aliphatic rings. The van der Waals surface area contributed by atoms with E-state index in [9.17, 15) is 19.5 Å². The summed E-state index contributed by atoms with van der Waals surface area (Å²) in [7, 11) is 1.58. The Labute approximate surface area is 256 Å². The fourth-order valence-corrected chi connectivity index (χ4v) is 7.78. The normalized spacial score (nSPS) is 30.5. The van der Waals surface area contributed by atoms with Crippen LogP contribution < -0.4 is 9.64 Å². The number of hydrogen-bond acceptors (Lipinski definition) is 6. The van der Waals surface area contributed by atoms with E-state index in [1.165, 1.54) is 0 Å². The molecule has 43 heavy (non-hydrogen) atoms. The minimum atomic E-state index is -1.22. The molecule has 3 amide bonds. The Morgan fingerprint density at radius 1 is 1.19 bits per heavy atom. The van der Waals surface area contributed by atoms with E-state index in [-0.39, 0.29) is 42.7 Å². The number of nitrogens with zero attached hydrogens (tertiary/aromatic N) is 3. The zero-order valence-electron chi connectivity index (χ0n) is 26.6. The van der Waals surface area contributed by atoms with E-state index < -0.39 is 35.1 Å². The maximum Gasteiger partial charge on any atom is 0.253 e. The van der Waals surface area contributed by atoms with Crippen molar-refractivity contribution in [2.45, 2.75) is 77.2 Å². The summed E-state index contributed by atoms with van der Waals surface area (Å²) in [4.78, 5) is 48.9. The van der Waals surface area contributed by atoms with E-state index in [1.54, 1.807) is 58.2 Å². The van der Waals surface area contributed by atoms with E-state index in [2.05, 4.69) is 13.2 Å². The third-order valence-corrected chi connectivity index (χ3v) is 10.2. The Kier molecular flexibility index (Phi) is 9.76. The molecule has 1 aromatic carbocycles. The average molecular weight is 596 g/mol. The second-order valence-electron chi connectivity index (χ2n) is 12.6. The van der Waals surface area contributed by atoms with Crippen LogP contribution >= 0.6 is 0 Å². The first-order valence-corrected chi connectivity index (χ1v) is 15.6. The molecule has 0 aromatic heterocycles. The number of benzene rings is 1. The zero-order chi connectivity index (χ0) is 31.7. The van der Waals surface area contributed by atoms with Gasteiger partial charge in [0.2, 0.25) is 11.8 Å². The minimum absolute atomic E-state index is 0.0852. The molecular formula is C34H49N3O6. The predicted octanol–water partition coefficient (Wildman–Crippen LogP) is 4.06. The highest BCUT2D eigenvalue weighted by Gasteiger charge is 2.80. The fraction of sp³-hybridized carbons (Fsp3) is 0.618. The Bertz CT molecular complexity index is 1220. The summed E-state index contributed by atoms with van der Waals surface area (Å²) in [5.74, 6) is -1.90. The standard InChI is InChI=1S/C34H49N3O6/c1-9-17-35(18-10-2)30(39)27-28-31(40)37(26(21-38)22(5)12-4)29(34(28)20-23(6)33(27,7)43-34)32(41)36(19-11-3)24-13-15-25(42-8)16-14-24/h9,11,13-16,22-23,26-29,38H,1,3,10,12,17-21H2,2,4-8H3/t22-,23?,26-,27-,28-,29?,33+,34?/m0/s1. The molecule has 4 rings (SSSR count). The summed E-state index contributed by atoms with van der Waals surface area (Å²) in [5, 5.41) is 10.7. The molecule has 9 nitrogen and oxygen atoms in total. The first-order valence-electron chi connectivity index (χ1n) is 15.6. The monoisotopic (exact) mass is 595 g/mol. The van der Waals surface area contributed by atoms with E-state index in [0.717, 1.165) is 6.42 Å². The van der Waals surface area contributed by atoms with Gasteiger partial charge in [0.25, 0.3) is 5.91 Å². The van der Waals surface area contributed by atoms with E-state index in [4.69, 9.17) is 9.47 Å². The lowest BCUT2D eigenvalue weighted by Crippen LogP contribution is -2.60. The van der Waals surface area contributed by atoms with Gasteiger partial charge in [-0.25, -0.2) is 0 Å². The van der Waals surface area contributed by atoms with Gasteiger partial charge in [-0.3, -0.25) is 14.4 Å². The number of likely N-dealkylation sites (tertiary alicyclic amines) is 1. The number of carbonyl (C=O) groups excluding carboxylic acids is 3. The van der Waals surface area contributed by atoms with Crippen LogP contribution in [0.25, 0.3) is 0 Å². The number of methoxy groups -OCH3 is 1. The van der Waals surface area contributed by atoms with Gasteiger partial charge in [-0.1, -0.05) is 46.3 Å². The highest BCUT2D eigenvalue weighted by atomic mass is 16.5. The zero-order valence-corrected chi connectivity index (χ0v) is 26.6. The van der Waals surface area contributed by atoms with Crippen molar-refractivity contribution in [3.63, 3.8) is 0 Å². The predicted molar refractivity (Wildman–Crippen MR) is 167 cm³/mol. The molecule has 8 atom stereocenters. The molecular weight excluding hydrogens is 546 g/mol. The summed E-state index contributed by atoms with van der Waals surface area (Å²) in [6.45, 7) is 18.5. The lowest BCUT2D eigenvalue weighted by Gasteiger charge is -2.41. The molecule has 3 saturated heterocycles. The van der Waals surface area contributed by atoms with Crippen molar-refractivity contribution in [3.05, 3.63) is 49.6 Å². The molecule has 236 valence electrons. The molecule has 1 spiro atoms. The Balaban J connectivity index is 1.89. The third kappa shape index (κ3) is 5.18. The van der Waals surface area contributed by atoms with E-state index in [0.29, 0.717) is 37.4 Å². The SMILES string of the molecule is C=CCN(CCC)C(=O)[C@@H]1[C@H]2C(=O)N([C@@H](CO)[C@@H](C)CC)C(C(=O)N(CC=C)c3ccc(OC)cc3)C23CC(C)[C@@]1(C)O3. The molecule has 1 N–H and O–H groups in total. The number of amides is 3. The number of fused-ring (bicyclic) bond motifs is 1. The van der Waals surface area contributed by atoms with Crippen LogP contribution in [0.3, 0.4) is 0 Å². The molecule has 0 saturated carbocycles. The lowest BCUT2D eigenvalue weighted by molar-refractivity contribution is -0.154. The number of aliphatic hydroxyl groups excluding tert-OH is 1. The van der Waals surface area contributed by atoms with Gasteiger partial charge in [0, 0.05) is 25.3 Å². The molecule has 0 radical (unpaired) electrons. The number of hydrogen-bond donors (Lipinski definition) is 1. The van der Waals surface area contributed by atoms with Crippen molar-refractivity contribution in [2.24, 2.45) is 23.7 Å². The molecule has 3 fully saturated rings. The maximum atomic E-state index is 14.9. The van der Waals surface area contributed by atoms with Gasteiger partial charge in [0.1, 0.15) is 17.4 Å². The molecule has 3 heterocycles. The Hall–Kier alpha value is -3.17. The lowest BCUT2D eigenvalue weighted by atomic mass is 9.62. The van der Waals surface area contributed by atoms with Crippen LogP contribution in [0.5, 0.6) is 5.75 Å². The molecule has 3 unspecified atom stereocenters. The van der Waals surface area contributed by atoms with Gasteiger partial charge in [-0.2, -0.15) is 0 Å². The van der Waals surface area contributed by atoms with Crippen LogP contribution in [0.15, 0.2) is 49.6 Å². The van der Waals surface area contributed by atoms with Gasteiger partial charge in [0.05, 0.1) is 37.2 Å². The maximum absolute atomic E-state index is 14.9.